The van der Waals surface area contributed by atoms with Crippen LogP contribution >= 0.6 is 0 Å². The summed E-state index contributed by atoms with van der Waals surface area (Å²) in [6.07, 6.45) is 6.30. The highest BCUT2D eigenvalue weighted by Gasteiger charge is 2.36. The molecule has 0 spiro atoms. The van der Waals surface area contributed by atoms with Crippen LogP contribution in [-0.4, -0.2) is 18.1 Å². The van der Waals surface area contributed by atoms with Crippen LogP contribution in [0.2, 0.25) is 0 Å². The third-order valence-electron chi connectivity index (χ3n) is 3.24. The van der Waals surface area contributed by atoms with Crippen molar-refractivity contribution in [3.63, 3.8) is 0 Å². The van der Waals surface area contributed by atoms with Gasteiger partial charge in [-0.25, -0.2) is 0 Å². The minimum atomic E-state index is -0.0459. The van der Waals surface area contributed by atoms with Crippen molar-refractivity contribution in [1.82, 2.24) is 10.3 Å². The zero-order chi connectivity index (χ0) is 10.6. The van der Waals surface area contributed by atoms with Crippen LogP contribution in [0.4, 0.5) is 0 Å². The quantitative estimate of drug-likeness (QED) is 0.717. The molecule has 2 rings (SSSR count). The molecule has 2 N–H and O–H groups in total. The molecule has 1 aromatic rings. The second-order valence-corrected chi connectivity index (χ2v) is 4.37. The van der Waals surface area contributed by atoms with Crippen LogP contribution in [0.3, 0.4) is 0 Å². The van der Waals surface area contributed by atoms with Crippen molar-refractivity contribution in [2.45, 2.75) is 25.7 Å². The number of nitrogens with zero attached hydrogens (tertiary/aromatic N) is 1. The Morgan fingerprint density at radius 2 is 2.40 bits per heavy atom. The summed E-state index contributed by atoms with van der Waals surface area (Å²) in [7, 11) is 0. The van der Waals surface area contributed by atoms with Crippen LogP contribution < -0.4 is 5.32 Å². The van der Waals surface area contributed by atoms with E-state index in [1.54, 1.807) is 0 Å². The lowest BCUT2D eigenvalue weighted by Gasteiger charge is -2.35. The molecule has 15 heavy (non-hydrogen) atoms. The van der Waals surface area contributed by atoms with Gasteiger partial charge in [-0.15, -0.1) is 0 Å². The van der Waals surface area contributed by atoms with Crippen LogP contribution in [-0.2, 0) is 6.42 Å². The zero-order valence-electron chi connectivity index (χ0n) is 8.92. The van der Waals surface area contributed by atoms with Crippen LogP contribution in [0.1, 0.15) is 25.0 Å². The number of H-pyrrole nitrogens is 1. The van der Waals surface area contributed by atoms with E-state index < -0.39 is 0 Å². The summed E-state index contributed by atoms with van der Waals surface area (Å²) in [4.78, 5) is 3.17. The molecule has 0 atom stereocenters. The number of aromatic amines is 1. The smallest absolute Gasteiger partial charge is 0.0703 e. The van der Waals surface area contributed by atoms with E-state index in [4.69, 9.17) is 5.26 Å². The Hall–Kier alpha value is -1.27. The summed E-state index contributed by atoms with van der Waals surface area (Å²) in [5, 5.41) is 12.4. The maximum absolute atomic E-state index is 9.02. The lowest BCUT2D eigenvalue weighted by molar-refractivity contribution is 0.208. The lowest BCUT2D eigenvalue weighted by atomic mass is 9.70. The van der Waals surface area contributed by atoms with Crippen molar-refractivity contribution in [3.05, 3.63) is 24.0 Å². The van der Waals surface area contributed by atoms with Crippen LogP contribution in [0.25, 0.3) is 0 Å². The number of hydrogen-bond donors (Lipinski definition) is 2. The molecule has 0 amide bonds. The van der Waals surface area contributed by atoms with E-state index in [0.717, 1.165) is 32.4 Å². The van der Waals surface area contributed by atoms with Crippen molar-refractivity contribution >= 4 is 0 Å². The van der Waals surface area contributed by atoms with Gasteiger partial charge in [-0.2, -0.15) is 5.26 Å². The van der Waals surface area contributed by atoms with E-state index in [2.05, 4.69) is 22.4 Å². The first-order chi connectivity index (χ1) is 7.35. The van der Waals surface area contributed by atoms with Gasteiger partial charge in [-0.1, -0.05) is 6.42 Å². The van der Waals surface area contributed by atoms with E-state index in [-0.39, 0.29) is 5.41 Å². The van der Waals surface area contributed by atoms with E-state index in [9.17, 15) is 0 Å². The third kappa shape index (κ3) is 2.40. The molecule has 0 bridgehead atoms. The molecule has 1 saturated carbocycles. The van der Waals surface area contributed by atoms with Crippen molar-refractivity contribution < 1.29 is 0 Å². The molecule has 0 aliphatic heterocycles. The van der Waals surface area contributed by atoms with E-state index >= 15 is 0 Å². The maximum atomic E-state index is 9.02. The molecule has 80 valence electrons. The van der Waals surface area contributed by atoms with Gasteiger partial charge < -0.3 is 10.3 Å². The standard InChI is InChI=1S/C12H17N3/c13-9-12(5-2-6-12)10-14-8-4-11-3-1-7-15-11/h1,3,7,14-15H,2,4-6,8,10H2. The van der Waals surface area contributed by atoms with Gasteiger partial charge >= 0.3 is 0 Å². The van der Waals surface area contributed by atoms with Crippen LogP contribution in [0.15, 0.2) is 18.3 Å². The van der Waals surface area contributed by atoms with Crippen LogP contribution in [0, 0.1) is 16.7 Å². The molecule has 1 fully saturated rings. The zero-order valence-corrected chi connectivity index (χ0v) is 8.92. The third-order valence-corrected chi connectivity index (χ3v) is 3.24. The highest BCUT2D eigenvalue weighted by Crippen LogP contribution is 2.39. The average molecular weight is 203 g/mol. The summed E-state index contributed by atoms with van der Waals surface area (Å²) in [6.45, 7) is 1.80. The molecule has 1 aliphatic carbocycles. The summed E-state index contributed by atoms with van der Waals surface area (Å²) < 4.78 is 0. The Morgan fingerprint density at radius 3 is 2.93 bits per heavy atom. The van der Waals surface area contributed by atoms with Gasteiger partial charge in [0.15, 0.2) is 0 Å². The first-order valence-corrected chi connectivity index (χ1v) is 5.59. The molecule has 1 heterocycles. The predicted molar refractivity (Wildman–Crippen MR) is 59.3 cm³/mol. The molecule has 1 aliphatic rings. The molecule has 1 aromatic heterocycles. The van der Waals surface area contributed by atoms with E-state index in [1.807, 2.05) is 12.3 Å². The Morgan fingerprint density at radius 1 is 1.53 bits per heavy atom. The van der Waals surface area contributed by atoms with Crippen LogP contribution in [0.5, 0.6) is 0 Å². The van der Waals surface area contributed by atoms with Gasteiger partial charge in [0.2, 0.25) is 0 Å². The van der Waals surface area contributed by atoms with Crippen molar-refractivity contribution in [3.8, 4) is 6.07 Å². The fraction of sp³-hybridized carbons (Fsp3) is 0.583. The van der Waals surface area contributed by atoms with Gasteiger partial charge in [0.25, 0.3) is 0 Å². The van der Waals surface area contributed by atoms with Crippen molar-refractivity contribution in [1.29, 1.82) is 5.26 Å². The van der Waals surface area contributed by atoms with E-state index in [1.165, 1.54) is 12.1 Å². The summed E-state index contributed by atoms with van der Waals surface area (Å²) in [5.74, 6) is 0. The number of nitriles is 1. The molecule has 3 nitrogen and oxygen atoms in total. The largest absolute Gasteiger partial charge is 0.365 e. The second kappa shape index (κ2) is 4.50. The number of nitrogens with one attached hydrogen (secondary N) is 2. The topological polar surface area (TPSA) is 51.6 Å². The lowest BCUT2D eigenvalue weighted by Crippen LogP contribution is -2.39. The molecular formula is C12H17N3. The highest BCUT2D eigenvalue weighted by atomic mass is 14.9. The molecule has 0 unspecified atom stereocenters. The summed E-state index contributed by atoms with van der Waals surface area (Å²) >= 11 is 0. The Balaban J connectivity index is 1.65. The highest BCUT2D eigenvalue weighted by molar-refractivity contribution is 5.07. The number of hydrogen-bond acceptors (Lipinski definition) is 2. The second-order valence-electron chi connectivity index (χ2n) is 4.37. The van der Waals surface area contributed by atoms with Gasteiger partial charge in [0.1, 0.15) is 0 Å². The number of rotatable bonds is 5. The Bertz CT molecular complexity index is 330. The van der Waals surface area contributed by atoms with Crippen molar-refractivity contribution in [2.75, 3.05) is 13.1 Å². The van der Waals surface area contributed by atoms with Gasteiger partial charge in [0.05, 0.1) is 11.5 Å². The monoisotopic (exact) mass is 203 g/mol. The Kier molecular flexibility index (Phi) is 3.08. The van der Waals surface area contributed by atoms with Crippen molar-refractivity contribution in [2.24, 2.45) is 5.41 Å². The summed E-state index contributed by atoms with van der Waals surface area (Å²) in [6, 6.07) is 6.54. The molecular weight excluding hydrogens is 186 g/mol. The first kappa shape index (κ1) is 10.3. The fourth-order valence-electron chi connectivity index (χ4n) is 2.01. The Labute approximate surface area is 90.5 Å². The molecule has 0 aromatic carbocycles. The molecule has 3 heteroatoms. The number of aromatic nitrogens is 1. The average Bonchev–Trinajstić information content (AvgIpc) is 2.68. The first-order valence-electron chi connectivity index (χ1n) is 5.59. The SMILES string of the molecule is N#CC1(CNCCc2ccc[nH]2)CCC1. The van der Waals surface area contributed by atoms with Gasteiger partial charge in [0, 0.05) is 25.0 Å². The molecule has 0 saturated heterocycles. The predicted octanol–water partition coefficient (Wildman–Crippen LogP) is 1.84. The minimum Gasteiger partial charge on any atom is -0.365 e. The minimum absolute atomic E-state index is 0.0459. The summed E-state index contributed by atoms with van der Waals surface area (Å²) in [5.41, 5.74) is 1.21. The van der Waals surface area contributed by atoms with Gasteiger partial charge in [-0.05, 0) is 31.4 Å². The maximum Gasteiger partial charge on any atom is 0.0703 e. The normalized spacial score (nSPS) is 18.1. The van der Waals surface area contributed by atoms with E-state index in [0.29, 0.717) is 0 Å². The fourth-order valence-corrected chi connectivity index (χ4v) is 2.01. The van der Waals surface area contributed by atoms with Gasteiger partial charge in [-0.3, -0.25) is 0 Å². The molecule has 0 radical (unpaired) electrons.